The first-order valence-electron chi connectivity index (χ1n) is 14.9. The Morgan fingerprint density at radius 2 is 1.73 bits per heavy atom. The van der Waals surface area contributed by atoms with Gasteiger partial charge in [0.05, 0.1) is 5.60 Å². The van der Waals surface area contributed by atoms with Crippen LogP contribution in [-0.4, -0.2) is 52.4 Å². The highest BCUT2D eigenvalue weighted by Gasteiger charge is 2.68. The molecular formula is C34H50O7. The van der Waals surface area contributed by atoms with Crippen LogP contribution in [0.25, 0.3) is 0 Å². The van der Waals surface area contributed by atoms with Gasteiger partial charge in [0.25, 0.3) is 0 Å². The predicted molar refractivity (Wildman–Crippen MR) is 159 cm³/mol. The van der Waals surface area contributed by atoms with Crippen molar-refractivity contribution in [3.8, 4) is 0 Å². The number of rotatable bonds is 9. The second kappa shape index (κ2) is 12.0. The van der Waals surface area contributed by atoms with Crippen LogP contribution in [-0.2, 0) is 23.9 Å². The van der Waals surface area contributed by atoms with Crippen molar-refractivity contribution in [1.82, 2.24) is 0 Å². The number of aliphatic carboxylic acids is 1. The second-order valence-electron chi connectivity index (χ2n) is 13.6. The van der Waals surface area contributed by atoms with E-state index in [0.29, 0.717) is 32.3 Å². The third-order valence-electron chi connectivity index (χ3n) is 10.3. The molecule has 7 heteroatoms. The van der Waals surface area contributed by atoms with E-state index >= 15 is 0 Å². The first-order chi connectivity index (χ1) is 18.9. The third kappa shape index (κ3) is 6.17. The molecule has 0 aromatic rings. The number of carbonyl (C=O) groups excluding carboxylic acids is 2. The summed E-state index contributed by atoms with van der Waals surface area (Å²) < 4.78 is 11.2. The molecule has 0 spiro atoms. The lowest BCUT2D eigenvalue weighted by Crippen LogP contribution is -2.61. The first kappa shape index (κ1) is 33.0. The Morgan fingerprint density at radius 3 is 2.29 bits per heavy atom. The SMILES string of the molecule is CCOC(/C=C/C(C)=C/C=C/C(C)=C1/C(=O)C[C@H]2[C@@]3(C)CC[C@@H](OC(C)=O)[C@](C)(C(=O)O)C3CC[C@]12C)C(C)(C)O. The van der Waals surface area contributed by atoms with Gasteiger partial charge in [0, 0.05) is 30.9 Å². The fraction of sp³-hybridized carbons (Fsp3) is 0.676. The van der Waals surface area contributed by atoms with Crippen molar-refractivity contribution < 1.29 is 34.1 Å². The molecule has 3 fully saturated rings. The van der Waals surface area contributed by atoms with Crippen LogP contribution in [0.3, 0.4) is 0 Å². The van der Waals surface area contributed by atoms with Crippen molar-refractivity contribution in [2.75, 3.05) is 6.61 Å². The molecule has 3 aliphatic carbocycles. The van der Waals surface area contributed by atoms with Crippen molar-refractivity contribution in [1.29, 1.82) is 0 Å². The first-order valence-corrected chi connectivity index (χ1v) is 14.9. The zero-order valence-corrected chi connectivity index (χ0v) is 26.4. The van der Waals surface area contributed by atoms with E-state index in [9.17, 15) is 24.6 Å². The largest absolute Gasteiger partial charge is 0.481 e. The summed E-state index contributed by atoms with van der Waals surface area (Å²) in [5, 5.41) is 20.7. The summed E-state index contributed by atoms with van der Waals surface area (Å²) in [5.41, 5.74) is -0.119. The number of esters is 1. The maximum absolute atomic E-state index is 13.6. The molecule has 3 saturated carbocycles. The summed E-state index contributed by atoms with van der Waals surface area (Å²) in [5.74, 6) is -1.43. The number of ketones is 1. The number of hydrogen-bond acceptors (Lipinski definition) is 6. The number of hydrogen-bond donors (Lipinski definition) is 2. The monoisotopic (exact) mass is 570 g/mol. The van der Waals surface area contributed by atoms with Gasteiger partial charge in [0.1, 0.15) is 17.6 Å². The molecular weight excluding hydrogens is 520 g/mol. The Bertz CT molecular complexity index is 1170. The Balaban J connectivity index is 1.89. The Labute approximate surface area is 245 Å². The lowest BCUT2D eigenvalue weighted by Gasteiger charge is -2.61. The van der Waals surface area contributed by atoms with Crippen molar-refractivity contribution in [2.45, 2.75) is 112 Å². The highest BCUT2D eigenvalue weighted by atomic mass is 16.5. The summed E-state index contributed by atoms with van der Waals surface area (Å²) in [6.07, 6.45) is 11.6. The molecule has 0 bridgehead atoms. The van der Waals surface area contributed by atoms with Gasteiger partial charge in [-0.25, -0.2) is 0 Å². The molecule has 3 aliphatic rings. The maximum Gasteiger partial charge on any atom is 0.313 e. The predicted octanol–water partition coefficient (Wildman–Crippen LogP) is 6.37. The lowest BCUT2D eigenvalue weighted by molar-refractivity contribution is -0.204. The van der Waals surface area contributed by atoms with Crippen molar-refractivity contribution in [3.05, 3.63) is 47.1 Å². The van der Waals surface area contributed by atoms with Gasteiger partial charge >= 0.3 is 11.9 Å². The third-order valence-corrected chi connectivity index (χ3v) is 10.3. The van der Waals surface area contributed by atoms with E-state index in [0.717, 1.165) is 23.1 Å². The molecule has 3 rings (SSSR count). The van der Waals surface area contributed by atoms with Gasteiger partial charge in [-0.1, -0.05) is 49.8 Å². The fourth-order valence-corrected chi connectivity index (χ4v) is 8.32. The zero-order valence-electron chi connectivity index (χ0n) is 26.4. The molecule has 0 radical (unpaired) electrons. The van der Waals surface area contributed by atoms with Gasteiger partial charge in [-0.15, -0.1) is 0 Å². The quantitative estimate of drug-likeness (QED) is 0.188. The molecule has 0 aliphatic heterocycles. The standard InChI is InChI=1S/C34H50O7/c1-10-40-27(31(5,6)39)15-14-21(2)12-11-13-22(3)29-24(36)20-26-32(7)19-17-28(41-23(4)35)34(9,30(37)38)25(32)16-18-33(26,29)8/h11-15,25-28,39H,10,16-20H2,1-9H3,(H,37,38)/b13-11+,15-14+,21-12+,29-22-/t25?,26-,27?,28+,32-,33-,34+/m0/s1. The number of carbonyl (C=O) groups is 3. The van der Waals surface area contributed by atoms with E-state index in [2.05, 4.69) is 13.8 Å². The van der Waals surface area contributed by atoms with E-state index < -0.39 is 35.2 Å². The molecule has 0 heterocycles. The van der Waals surface area contributed by atoms with Crippen LogP contribution in [0.4, 0.5) is 0 Å². The van der Waals surface area contributed by atoms with E-state index in [1.807, 2.05) is 51.2 Å². The van der Waals surface area contributed by atoms with Crippen LogP contribution in [0.15, 0.2) is 47.1 Å². The minimum atomic E-state index is -1.20. The number of Topliss-reactive ketones (excluding diaryl/α,β-unsaturated/α-hetero) is 1. The Morgan fingerprint density at radius 1 is 1.07 bits per heavy atom. The Hall–Kier alpha value is -2.51. The summed E-state index contributed by atoms with van der Waals surface area (Å²) in [4.78, 5) is 38.1. The number of fused-ring (bicyclic) bond motifs is 3. The summed E-state index contributed by atoms with van der Waals surface area (Å²) in [7, 11) is 0. The molecule has 7 atom stereocenters. The molecule has 7 nitrogen and oxygen atoms in total. The van der Waals surface area contributed by atoms with E-state index in [4.69, 9.17) is 9.47 Å². The average Bonchev–Trinajstić information content (AvgIpc) is 3.13. The van der Waals surface area contributed by atoms with Gasteiger partial charge < -0.3 is 19.7 Å². The molecule has 0 aromatic heterocycles. The minimum Gasteiger partial charge on any atom is -0.481 e. The molecule has 2 unspecified atom stereocenters. The van der Waals surface area contributed by atoms with E-state index in [1.165, 1.54) is 6.92 Å². The number of ether oxygens (including phenoxy) is 2. The van der Waals surface area contributed by atoms with Crippen LogP contribution >= 0.6 is 0 Å². The van der Waals surface area contributed by atoms with Crippen LogP contribution < -0.4 is 0 Å². The highest BCUT2D eigenvalue weighted by molar-refractivity contribution is 6.01. The van der Waals surface area contributed by atoms with Gasteiger partial charge in [-0.2, -0.15) is 0 Å². The van der Waals surface area contributed by atoms with Crippen LogP contribution in [0.2, 0.25) is 0 Å². The Kier molecular flexibility index (Phi) is 9.66. The molecule has 0 saturated heterocycles. The van der Waals surface area contributed by atoms with Gasteiger partial charge in [0.15, 0.2) is 5.78 Å². The van der Waals surface area contributed by atoms with Gasteiger partial charge in [0.2, 0.25) is 0 Å². The topological polar surface area (TPSA) is 110 Å². The normalized spacial score (nSPS) is 36.3. The van der Waals surface area contributed by atoms with Crippen LogP contribution in [0.1, 0.15) is 94.4 Å². The van der Waals surface area contributed by atoms with E-state index in [1.54, 1.807) is 20.8 Å². The lowest BCUT2D eigenvalue weighted by atomic mass is 9.42. The molecule has 41 heavy (non-hydrogen) atoms. The van der Waals surface area contributed by atoms with Crippen LogP contribution in [0, 0.1) is 28.1 Å². The second-order valence-corrected chi connectivity index (χ2v) is 13.6. The van der Waals surface area contributed by atoms with Crippen LogP contribution in [0.5, 0.6) is 0 Å². The number of allylic oxidation sites excluding steroid dienone is 7. The number of carboxylic acids is 1. The zero-order chi connectivity index (χ0) is 31.0. The summed E-state index contributed by atoms with van der Waals surface area (Å²) in [6.45, 7) is 17.2. The molecule has 0 amide bonds. The van der Waals surface area contributed by atoms with Gasteiger partial charge in [-0.3, -0.25) is 14.4 Å². The van der Waals surface area contributed by atoms with Crippen molar-refractivity contribution in [2.24, 2.45) is 28.1 Å². The minimum absolute atomic E-state index is 0.0223. The van der Waals surface area contributed by atoms with Crippen molar-refractivity contribution >= 4 is 17.7 Å². The fourth-order valence-electron chi connectivity index (χ4n) is 8.32. The number of aliphatic hydroxyl groups is 1. The van der Waals surface area contributed by atoms with Gasteiger partial charge in [-0.05, 0) is 90.0 Å². The molecule has 0 aromatic carbocycles. The summed E-state index contributed by atoms with van der Waals surface area (Å²) >= 11 is 0. The van der Waals surface area contributed by atoms with E-state index in [-0.39, 0.29) is 28.4 Å². The smallest absolute Gasteiger partial charge is 0.313 e. The maximum atomic E-state index is 13.6. The average molecular weight is 571 g/mol. The molecule has 228 valence electrons. The number of carboxylic acid groups (broad SMARTS) is 1. The highest BCUT2D eigenvalue weighted by Crippen LogP contribution is 2.69. The van der Waals surface area contributed by atoms with Crippen molar-refractivity contribution in [3.63, 3.8) is 0 Å². The summed E-state index contributed by atoms with van der Waals surface area (Å²) in [6, 6.07) is 0. The molecule has 2 N–H and O–H groups in total.